The summed E-state index contributed by atoms with van der Waals surface area (Å²) in [7, 11) is 0. The Labute approximate surface area is 192 Å². The number of aryl methyl sites for hydroxylation is 3. The zero-order chi connectivity index (χ0) is 21.4. The van der Waals surface area contributed by atoms with Crippen LogP contribution in [0.1, 0.15) is 27.0 Å². The number of fused-ring (bicyclic) bond motifs is 1. The Hall–Kier alpha value is -2.50. The van der Waals surface area contributed by atoms with Gasteiger partial charge in [0.05, 0.1) is 16.8 Å². The molecule has 5 heteroatoms. The maximum absolute atomic E-state index is 13.3. The van der Waals surface area contributed by atoms with Crippen LogP contribution < -0.4 is 5.32 Å². The van der Waals surface area contributed by atoms with Gasteiger partial charge in [0, 0.05) is 25.6 Å². The molecule has 4 rings (SSSR count). The molecule has 4 aromatic rings. The maximum Gasteiger partial charge on any atom is 0.256 e. The summed E-state index contributed by atoms with van der Waals surface area (Å²) < 4.78 is 1.92. The third kappa shape index (κ3) is 4.18. The van der Waals surface area contributed by atoms with E-state index in [4.69, 9.17) is 4.98 Å². The highest BCUT2D eigenvalue weighted by Gasteiger charge is 2.16. The average molecular weight is 524 g/mol. The standard InChI is InChI=1S/C25H20Br2N2O/c1-14-4-9-20(11-15(14)2)28-25(30)22-13-23(17-5-7-18(26)8-6-17)29-24-16(3)10-19(27)12-21(22)24/h4-13H,1-3H3,(H,28,30). The van der Waals surface area contributed by atoms with Crippen molar-refractivity contribution < 1.29 is 4.79 Å². The van der Waals surface area contributed by atoms with Gasteiger partial charge in [-0.05, 0) is 79.9 Å². The highest BCUT2D eigenvalue weighted by atomic mass is 79.9. The smallest absolute Gasteiger partial charge is 0.256 e. The van der Waals surface area contributed by atoms with E-state index in [1.807, 2.05) is 74.5 Å². The lowest BCUT2D eigenvalue weighted by molar-refractivity contribution is 0.102. The van der Waals surface area contributed by atoms with Crippen molar-refractivity contribution in [3.63, 3.8) is 0 Å². The lowest BCUT2D eigenvalue weighted by Crippen LogP contribution is -2.13. The predicted octanol–water partition coefficient (Wildman–Crippen LogP) is 7.60. The Morgan fingerprint density at radius 2 is 1.53 bits per heavy atom. The van der Waals surface area contributed by atoms with E-state index in [0.717, 1.165) is 47.9 Å². The van der Waals surface area contributed by atoms with Crippen LogP contribution >= 0.6 is 31.9 Å². The van der Waals surface area contributed by atoms with Crippen molar-refractivity contribution >= 4 is 54.4 Å². The molecule has 0 spiro atoms. The molecule has 1 aromatic heterocycles. The number of aromatic nitrogens is 1. The molecule has 0 aliphatic rings. The van der Waals surface area contributed by atoms with E-state index in [1.165, 1.54) is 5.56 Å². The first-order valence-electron chi connectivity index (χ1n) is 9.57. The molecule has 0 atom stereocenters. The first-order valence-corrected chi connectivity index (χ1v) is 11.2. The molecular formula is C25H20Br2N2O. The molecule has 30 heavy (non-hydrogen) atoms. The first kappa shape index (κ1) is 20.8. The van der Waals surface area contributed by atoms with Gasteiger partial charge in [-0.1, -0.05) is 50.1 Å². The number of amides is 1. The second-order valence-electron chi connectivity index (χ2n) is 7.43. The lowest BCUT2D eigenvalue weighted by atomic mass is 10.0. The van der Waals surface area contributed by atoms with Gasteiger partial charge in [-0.15, -0.1) is 0 Å². The van der Waals surface area contributed by atoms with Crippen molar-refractivity contribution in [2.75, 3.05) is 5.32 Å². The molecule has 1 N–H and O–H groups in total. The number of hydrogen-bond donors (Lipinski definition) is 1. The minimum absolute atomic E-state index is 0.151. The Morgan fingerprint density at radius 3 is 2.23 bits per heavy atom. The van der Waals surface area contributed by atoms with Crippen molar-refractivity contribution in [1.29, 1.82) is 0 Å². The Bertz CT molecular complexity index is 1280. The van der Waals surface area contributed by atoms with Crippen LogP contribution in [0.4, 0.5) is 5.69 Å². The molecule has 0 aliphatic carbocycles. The lowest BCUT2D eigenvalue weighted by Gasteiger charge is -2.13. The van der Waals surface area contributed by atoms with Crippen LogP contribution in [0.25, 0.3) is 22.2 Å². The number of pyridine rings is 1. The van der Waals surface area contributed by atoms with E-state index < -0.39 is 0 Å². The summed E-state index contributed by atoms with van der Waals surface area (Å²) in [6, 6.07) is 19.7. The Kier molecular flexibility index (Phi) is 5.76. The number of carbonyl (C=O) groups excluding carboxylic acids is 1. The zero-order valence-electron chi connectivity index (χ0n) is 16.9. The highest BCUT2D eigenvalue weighted by Crippen LogP contribution is 2.30. The van der Waals surface area contributed by atoms with Gasteiger partial charge in [0.2, 0.25) is 0 Å². The van der Waals surface area contributed by atoms with E-state index in [2.05, 4.69) is 44.1 Å². The second kappa shape index (κ2) is 8.32. The van der Waals surface area contributed by atoms with Gasteiger partial charge in [0.25, 0.3) is 5.91 Å². The number of nitrogens with one attached hydrogen (secondary N) is 1. The van der Waals surface area contributed by atoms with Gasteiger partial charge in [0.15, 0.2) is 0 Å². The molecule has 0 saturated heterocycles. The van der Waals surface area contributed by atoms with E-state index in [0.29, 0.717) is 5.56 Å². The maximum atomic E-state index is 13.3. The van der Waals surface area contributed by atoms with Crippen molar-refractivity contribution in [2.24, 2.45) is 0 Å². The molecule has 3 nitrogen and oxygen atoms in total. The number of hydrogen-bond acceptors (Lipinski definition) is 2. The van der Waals surface area contributed by atoms with E-state index >= 15 is 0 Å². The molecule has 1 heterocycles. The number of nitrogens with zero attached hydrogens (tertiary/aromatic N) is 1. The molecule has 0 radical (unpaired) electrons. The van der Waals surface area contributed by atoms with E-state index in [1.54, 1.807) is 0 Å². The van der Waals surface area contributed by atoms with Crippen molar-refractivity contribution in [1.82, 2.24) is 4.98 Å². The first-order chi connectivity index (χ1) is 14.3. The summed E-state index contributed by atoms with van der Waals surface area (Å²) in [5, 5.41) is 3.88. The molecule has 3 aromatic carbocycles. The van der Waals surface area contributed by atoms with Crippen LogP contribution in [0, 0.1) is 20.8 Å². The van der Waals surface area contributed by atoms with Crippen LogP contribution in [0.2, 0.25) is 0 Å². The summed E-state index contributed by atoms with van der Waals surface area (Å²) in [5.74, 6) is -0.151. The second-order valence-corrected chi connectivity index (χ2v) is 9.27. The average Bonchev–Trinajstić information content (AvgIpc) is 2.70. The molecule has 0 bridgehead atoms. The number of halogens is 2. The van der Waals surface area contributed by atoms with E-state index in [9.17, 15) is 4.79 Å². The van der Waals surface area contributed by atoms with E-state index in [-0.39, 0.29) is 5.91 Å². The van der Waals surface area contributed by atoms with Gasteiger partial charge >= 0.3 is 0 Å². The Morgan fingerprint density at radius 1 is 0.800 bits per heavy atom. The topological polar surface area (TPSA) is 42.0 Å². The molecule has 0 aliphatic heterocycles. The van der Waals surface area contributed by atoms with Gasteiger partial charge in [-0.3, -0.25) is 4.79 Å². The summed E-state index contributed by atoms with van der Waals surface area (Å²) in [5.41, 5.74) is 7.28. The van der Waals surface area contributed by atoms with Crippen molar-refractivity contribution in [2.45, 2.75) is 20.8 Å². The van der Waals surface area contributed by atoms with Gasteiger partial charge < -0.3 is 5.32 Å². The predicted molar refractivity (Wildman–Crippen MR) is 131 cm³/mol. The number of rotatable bonds is 3. The third-order valence-electron chi connectivity index (χ3n) is 5.22. The van der Waals surface area contributed by atoms with Gasteiger partial charge in [0.1, 0.15) is 0 Å². The molecule has 0 unspecified atom stereocenters. The number of anilines is 1. The summed E-state index contributed by atoms with van der Waals surface area (Å²) in [6.07, 6.45) is 0. The van der Waals surface area contributed by atoms with Crippen LogP contribution in [-0.2, 0) is 0 Å². The van der Waals surface area contributed by atoms with Crippen LogP contribution in [-0.4, -0.2) is 10.9 Å². The fraction of sp³-hybridized carbons (Fsp3) is 0.120. The van der Waals surface area contributed by atoms with Gasteiger partial charge in [-0.25, -0.2) is 4.98 Å². The monoisotopic (exact) mass is 522 g/mol. The Balaban J connectivity index is 1.86. The third-order valence-corrected chi connectivity index (χ3v) is 6.20. The van der Waals surface area contributed by atoms with Gasteiger partial charge in [-0.2, -0.15) is 0 Å². The highest BCUT2D eigenvalue weighted by molar-refractivity contribution is 9.10. The molecular weight excluding hydrogens is 504 g/mol. The summed E-state index contributed by atoms with van der Waals surface area (Å²) in [4.78, 5) is 18.2. The van der Waals surface area contributed by atoms with Crippen molar-refractivity contribution in [3.05, 3.63) is 91.9 Å². The molecule has 1 amide bonds. The minimum Gasteiger partial charge on any atom is -0.322 e. The van der Waals surface area contributed by atoms with Crippen LogP contribution in [0.3, 0.4) is 0 Å². The van der Waals surface area contributed by atoms with Crippen LogP contribution in [0.5, 0.6) is 0 Å². The minimum atomic E-state index is -0.151. The number of benzene rings is 3. The summed E-state index contributed by atoms with van der Waals surface area (Å²) in [6.45, 7) is 6.11. The SMILES string of the molecule is Cc1ccc(NC(=O)c2cc(-c3ccc(Br)cc3)nc3c(C)cc(Br)cc23)cc1C. The molecule has 0 fully saturated rings. The normalized spacial score (nSPS) is 11.0. The fourth-order valence-corrected chi connectivity index (χ4v) is 4.27. The largest absolute Gasteiger partial charge is 0.322 e. The van der Waals surface area contributed by atoms with Crippen molar-refractivity contribution in [3.8, 4) is 11.3 Å². The zero-order valence-corrected chi connectivity index (χ0v) is 20.1. The molecule has 150 valence electrons. The fourth-order valence-electron chi connectivity index (χ4n) is 3.43. The van der Waals surface area contributed by atoms with Crippen LogP contribution in [0.15, 0.2) is 69.6 Å². The quantitative estimate of drug-likeness (QED) is 0.300. The summed E-state index contributed by atoms with van der Waals surface area (Å²) >= 11 is 7.03. The molecule has 0 saturated carbocycles. The number of carbonyl (C=O) groups is 1.